The van der Waals surface area contributed by atoms with E-state index in [9.17, 15) is 4.79 Å². The Kier molecular flexibility index (Phi) is 2.95. The molecule has 0 fully saturated rings. The number of carbonyl (C=O) groups is 1. The first-order chi connectivity index (χ1) is 8.09. The second-order valence-corrected chi connectivity index (χ2v) is 3.90. The van der Waals surface area contributed by atoms with Crippen molar-refractivity contribution in [3.05, 3.63) is 18.5 Å². The normalized spacial score (nSPS) is 10.7. The maximum absolute atomic E-state index is 10.5. The zero-order valence-electron chi connectivity index (χ0n) is 9.79. The van der Waals surface area contributed by atoms with Crippen LogP contribution in [0.1, 0.15) is 6.42 Å². The average molecular weight is 234 g/mol. The summed E-state index contributed by atoms with van der Waals surface area (Å²) in [4.78, 5) is 16.7. The number of nitrogens with zero attached hydrogens (tertiary/aromatic N) is 4. The van der Waals surface area contributed by atoms with E-state index in [0.29, 0.717) is 6.54 Å². The van der Waals surface area contributed by atoms with E-state index in [2.05, 4.69) is 10.1 Å². The van der Waals surface area contributed by atoms with Gasteiger partial charge in [0.2, 0.25) is 0 Å². The van der Waals surface area contributed by atoms with Crippen molar-refractivity contribution in [2.45, 2.75) is 6.42 Å². The van der Waals surface area contributed by atoms with Gasteiger partial charge >= 0.3 is 5.97 Å². The van der Waals surface area contributed by atoms with Gasteiger partial charge in [-0.15, -0.1) is 0 Å². The first kappa shape index (κ1) is 11.4. The lowest BCUT2D eigenvalue weighted by atomic mass is 10.2. The van der Waals surface area contributed by atoms with Crippen LogP contribution in [0.15, 0.2) is 18.5 Å². The average Bonchev–Trinajstić information content (AvgIpc) is 2.68. The number of aliphatic carboxylic acids is 1. The molecule has 2 heterocycles. The standard InChI is InChI=1S/C11H14N4O2/c1-14(6-4-10(16)17)9-3-5-12-11-8(9)7-13-15(11)2/h3,5,7H,4,6H2,1-2H3,(H,16,17). The van der Waals surface area contributed by atoms with Crippen LogP contribution in [0.3, 0.4) is 0 Å². The van der Waals surface area contributed by atoms with Crippen LogP contribution in [-0.2, 0) is 11.8 Å². The van der Waals surface area contributed by atoms with E-state index in [4.69, 9.17) is 5.11 Å². The summed E-state index contributed by atoms with van der Waals surface area (Å²) in [5.74, 6) is -0.798. The third kappa shape index (κ3) is 2.20. The summed E-state index contributed by atoms with van der Waals surface area (Å²) in [5.41, 5.74) is 1.74. The lowest BCUT2D eigenvalue weighted by molar-refractivity contribution is -0.136. The molecule has 0 aliphatic carbocycles. The van der Waals surface area contributed by atoms with E-state index in [0.717, 1.165) is 16.7 Å². The molecule has 2 rings (SSSR count). The Labute approximate surface area is 98.5 Å². The van der Waals surface area contributed by atoms with Crippen molar-refractivity contribution in [1.29, 1.82) is 0 Å². The number of hydrogen-bond acceptors (Lipinski definition) is 4. The zero-order valence-corrected chi connectivity index (χ0v) is 9.79. The number of hydrogen-bond donors (Lipinski definition) is 1. The van der Waals surface area contributed by atoms with Gasteiger partial charge in [-0.25, -0.2) is 4.98 Å². The predicted octanol–water partition coefficient (Wildman–Crippen LogP) is 0.879. The van der Waals surface area contributed by atoms with Crippen molar-refractivity contribution in [1.82, 2.24) is 14.8 Å². The van der Waals surface area contributed by atoms with Crippen molar-refractivity contribution in [3.63, 3.8) is 0 Å². The minimum Gasteiger partial charge on any atom is -0.481 e. The fraction of sp³-hybridized carbons (Fsp3) is 0.364. The van der Waals surface area contributed by atoms with Crippen molar-refractivity contribution >= 4 is 22.7 Å². The smallest absolute Gasteiger partial charge is 0.305 e. The van der Waals surface area contributed by atoms with Crippen LogP contribution in [0, 0.1) is 0 Å². The fourth-order valence-electron chi connectivity index (χ4n) is 1.75. The van der Waals surface area contributed by atoms with Gasteiger partial charge in [-0.3, -0.25) is 9.48 Å². The molecule has 0 unspecified atom stereocenters. The highest BCUT2D eigenvalue weighted by Crippen LogP contribution is 2.23. The lowest BCUT2D eigenvalue weighted by Gasteiger charge is -2.18. The molecular formula is C11H14N4O2. The van der Waals surface area contributed by atoms with Crippen LogP contribution in [0.4, 0.5) is 5.69 Å². The molecule has 17 heavy (non-hydrogen) atoms. The number of anilines is 1. The summed E-state index contributed by atoms with van der Waals surface area (Å²) in [6.07, 6.45) is 3.56. The highest BCUT2D eigenvalue weighted by molar-refractivity contribution is 5.89. The van der Waals surface area contributed by atoms with Crippen LogP contribution in [0.2, 0.25) is 0 Å². The van der Waals surface area contributed by atoms with E-state index < -0.39 is 5.97 Å². The summed E-state index contributed by atoms with van der Waals surface area (Å²) in [6, 6.07) is 1.87. The van der Waals surface area contributed by atoms with E-state index >= 15 is 0 Å². The van der Waals surface area contributed by atoms with Gasteiger partial charge in [0, 0.05) is 26.8 Å². The van der Waals surface area contributed by atoms with E-state index in [1.165, 1.54) is 0 Å². The summed E-state index contributed by atoms with van der Waals surface area (Å²) in [5, 5.41) is 13.7. The SMILES string of the molecule is CN(CCC(=O)O)c1ccnc2c1cnn2C. The van der Waals surface area contributed by atoms with Crippen molar-refractivity contribution in [2.24, 2.45) is 7.05 Å². The molecule has 0 aromatic carbocycles. The van der Waals surface area contributed by atoms with E-state index in [1.807, 2.05) is 25.1 Å². The minimum absolute atomic E-state index is 0.112. The number of fused-ring (bicyclic) bond motifs is 1. The third-order valence-electron chi connectivity index (χ3n) is 2.68. The zero-order chi connectivity index (χ0) is 12.4. The number of aryl methyl sites for hydroxylation is 1. The fourth-order valence-corrected chi connectivity index (χ4v) is 1.75. The molecule has 6 heteroatoms. The maximum Gasteiger partial charge on any atom is 0.305 e. The Morgan fingerprint density at radius 2 is 2.35 bits per heavy atom. The van der Waals surface area contributed by atoms with Crippen LogP contribution >= 0.6 is 0 Å². The van der Waals surface area contributed by atoms with Gasteiger partial charge in [-0.1, -0.05) is 0 Å². The number of pyridine rings is 1. The Morgan fingerprint density at radius 3 is 3.06 bits per heavy atom. The second-order valence-electron chi connectivity index (χ2n) is 3.90. The molecule has 0 atom stereocenters. The Morgan fingerprint density at radius 1 is 1.59 bits per heavy atom. The number of carboxylic acids is 1. The van der Waals surface area contributed by atoms with Gasteiger partial charge in [0.1, 0.15) is 0 Å². The van der Waals surface area contributed by atoms with E-state index in [-0.39, 0.29) is 6.42 Å². The molecule has 0 saturated heterocycles. The second kappa shape index (κ2) is 4.40. The molecule has 0 aliphatic heterocycles. The van der Waals surface area contributed by atoms with Crippen LogP contribution in [0.5, 0.6) is 0 Å². The molecular weight excluding hydrogens is 220 g/mol. The summed E-state index contributed by atoms with van der Waals surface area (Å²) in [6.45, 7) is 0.462. The Hall–Kier alpha value is -2.11. The molecule has 0 saturated carbocycles. The van der Waals surface area contributed by atoms with Gasteiger partial charge in [-0.2, -0.15) is 5.10 Å². The molecule has 0 amide bonds. The molecule has 0 radical (unpaired) electrons. The Balaban J connectivity index is 2.31. The number of rotatable bonds is 4. The van der Waals surface area contributed by atoms with Gasteiger partial charge in [0.05, 0.1) is 23.7 Å². The largest absolute Gasteiger partial charge is 0.481 e. The van der Waals surface area contributed by atoms with Gasteiger partial charge < -0.3 is 10.0 Å². The van der Waals surface area contributed by atoms with E-state index in [1.54, 1.807) is 17.1 Å². The van der Waals surface area contributed by atoms with Crippen LogP contribution in [-0.4, -0.2) is 39.4 Å². The Bertz CT molecular complexity index is 549. The topological polar surface area (TPSA) is 71.2 Å². The highest BCUT2D eigenvalue weighted by atomic mass is 16.4. The number of carboxylic acid groups (broad SMARTS) is 1. The van der Waals surface area contributed by atoms with Crippen molar-refractivity contribution < 1.29 is 9.90 Å². The predicted molar refractivity (Wildman–Crippen MR) is 64.0 cm³/mol. The lowest BCUT2D eigenvalue weighted by Crippen LogP contribution is -2.21. The molecule has 6 nitrogen and oxygen atoms in total. The minimum atomic E-state index is -0.798. The molecule has 2 aromatic heterocycles. The van der Waals surface area contributed by atoms with Crippen molar-refractivity contribution in [2.75, 3.05) is 18.5 Å². The summed E-state index contributed by atoms with van der Waals surface area (Å²) < 4.78 is 1.70. The molecule has 2 aromatic rings. The first-order valence-corrected chi connectivity index (χ1v) is 5.29. The summed E-state index contributed by atoms with van der Waals surface area (Å²) >= 11 is 0. The van der Waals surface area contributed by atoms with Crippen LogP contribution < -0.4 is 4.90 Å². The molecule has 0 aliphatic rings. The van der Waals surface area contributed by atoms with Gasteiger partial charge in [0.25, 0.3) is 0 Å². The molecule has 1 N–H and O–H groups in total. The third-order valence-corrected chi connectivity index (χ3v) is 2.68. The molecule has 0 bridgehead atoms. The quantitative estimate of drug-likeness (QED) is 0.850. The maximum atomic E-state index is 10.5. The molecule has 90 valence electrons. The van der Waals surface area contributed by atoms with Crippen LogP contribution in [0.25, 0.3) is 11.0 Å². The molecule has 0 spiro atoms. The highest BCUT2D eigenvalue weighted by Gasteiger charge is 2.10. The first-order valence-electron chi connectivity index (χ1n) is 5.29. The van der Waals surface area contributed by atoms with Gasteiger partial charge in [-0.05, 0) is 6.07 Å². The monoisotopic (exact) mass is 234 g/mol. The van der Waals surface area contributed by atoms with Crippen molar-refractivity contribution in [3.8, 4) is 0 Å². The summed E-state index contributed by atoms with van der Waals surface area (Å²) in [7, 11) is 3.70. The number of aromatic nitrogens is 3. The van der Waals surface area contributed by atoms with Gasteiger partial charge in [0.15, 0.2) is 5.65 Å².